The number of fused-ring (bicyclic) bond motifs is 1. The number of urea groups is 1. The van der Waals surface area contributed by atoms with Crippen molar-refractivity contribution in [3.63, 3.8) is 0 Å². The van der Waals surface area contributed by atoms with Gasteiger partial charge in [-0.25, -0.2) is 4.79 Å². The molecule has 3 aliphatic rings. The molecule has 0 unspecified atom stereocenters. The van der Waals surface area contributed by atoms with Gasteiger partial charge in [0.25, 0.3) is 0 Å². The van der Waals surface area contributed by atoms with Crippen LogP contribution in [-0.2, 0) is 4.74 Å². The van der Waals surface area contributed by atoms with Crippen LogP contribution in [0.15, 0.2) is 0 Å². The van der Waals surface area contributed by atoms with Gasteiger partial charge >= 0.3 is 12.2 Å². The summed E-state index contributed by atoms with van der Waals surface area (Å²) in [6.45, 7) is 2.63. The van der Waals surface area contributed by atoms with Crippen molar-refractivity contribution in [1.82, 2.24) is 15.1 Å². The van der Waals surface area contributed by atoms with E-state index < -0.39 is 18.6 Å². The minimum atomic E-state index is -4.24. The Morgan fingerprint density at radius 1 is 1.25 bits per heavy atom. The zero-order chi connectivity index (χ0) is 17.2. The summed E-state index contributed by atoms with van der Waals surface area (Å²) in [7, 11) is 0. The summed E-state index contributed by atoms with van der Waals surface area (Å²) in [4.78, 5) is 16.1. The lowest BCUT2D eigenvalue weighted by Crippen LogP contribution is -2.54. The van der Waals surface area contributed by atoms with Gasteiger partial charge in [-0.15, -0.1) is 0 Å². The molecule has 0 spiro atoms. The van der Waals surface area contributed by atoms with Crippen LogP contribution in [-0.4, -0.2) is 73.0 Å². The summed E-state index contributed by atoms with van der Waals surface area (Å²) in [6, 6.07) is 0.0499. The lowest BCUT2D eigenvalue weighted by molar-refractivity contribution is -0.138. The summed E-state index contributed by atoms with van der Waals surface area (Å²) in [5.41, 5.74) is 0. The van der Waals surface area contributed by atoms with Crippen LogP contribution in [0.25, 0.3) is 0 Å². The van der Waals surface area contributed by atoms with E-state index in [4.69, 9.17) is 4.74 Å². The average molecular weight is 349 g/mol. The molecule has 0 bridgehead atoms. The molecular formula is C16H26F3N3O2. The number of nitrogens with zero attached hydrogens (tertiary/aromatic N) is 2. The molecule has 3 fully saturated rings. The monoisotopic (exact) mass is 349 g/mol. The van der Waals surface area contributed by atoms with Crippen LogP contribution in [0.1, 0.15) is 38.5 Å². The fourth-order valence-corrected chi connectivity index (χ4v) is 3.71. The van der Waals surface area contributed by atoms with Gasteiger partial charge in [0.2, 0.25) is 0 Å². The normalized spacial score (nSPS) is 28.3. The van der Waals surface area contributed by atoms with E-state index in [-0.39, 0.29) is 18.7 Å². The average Bonchev–Trinajstić information content (AvgIpc) is 2.93. The number of alkyl halides is 3. The van der Waals surface area contributed by atoms with Gasteiger partial charge in [-0.05, 0) is 38.6 Å². The molecule has 1 aliphatic carbocycles. The maximum Gasteiger partial charge on any atom is 0.390 e. The largest absolute Gasteiger partial charge is 0.390 e. The van der Waals surface area contributed by atoms with E-state index >= 15 is 0 Å². The van der Waals surface area contributed by atoms with Crippen LogP contribution < -0.4 is 5.32 Å². The van der Waals surface area contributed by atoms with Crippen LogP contribution >= 0.6 is 0 Å². The van der Waals surface area contributed by atoms with E-state index in [0.717, 1.165) is 38.8 Å². The molecule has 1 N–H and O–H groups in total. The number of carbonyl (C=O) groups is 1. The highest BCUT2D eigenvalue weighted by molar-refractivity contribution is 5.74. The number of hydrogen-bond acceptors (Lipinski definition) is 3. The van der Waals surface area contributed by atoms with Gasteiger partial charge < -0.3 is 15.0 Å². The quantitative estimate of drug-likeness (QED) is 0.829. The van der Waals surface area contributed by atoms with Crippen molar-refractivity contribution in [2.24, 2.45) is 0 Å². The van der Waals surface area contributed by atoms with Crippen molar-refractivity contribution in [3.8, 4) is 0 Å². The second-order valence-electron chi connectivity index (χ2n) is 7.08. The van der Waals surface area contributed by atoms with E-state index in [1.54, 1.807) is 0 Å². The molecule has 0 aromatic rings. The van der Waals surface area contributed by atoms with Crippen LogP contribution in [0, 0.1) is 0 Å². The zero-order valence-electron chi connectivity index (χ0n) is 13.9. The third-order valence-corrected chi connectivity index (χ3v) is 5.35. The smallest absolute Gasteiger partial charge is 0.373 e. The first kappa shape index (κ1) is 17.8. The van der Waals surface area contributed by atoms with Gasteiger partial charge in [0, 0.05) is 31.7 Å². The summed E-state index contributed by atoms with van der Waals surface area (Å²) >= 11 is 0. The summed E-state index contributed by atoms with van der Waals surface area (Å²) in [6.07, 6.45) is -0.365. The predicted molar refractivity (Wildman–Crippen MR) is 82.8 cm³/mol. The van der Waals surface area contributed by atoms with Crippen molar-refractivity contribution < 1.29 is 22.7 Å². The number of nitrogens with one attached hydrogen (secondary N) is 1. The van der Waals surface area contributed by atoms with Gasteiger partial charge in [0.1, 0.15) is 0 Å². The maximum atomic E-state index is 12.5. The number of morpholine rings is 1. The van der Waals surface area contributed by atoms with E-state index in [9.17, 15) is 18.0 Å². The van der Waals surface area contributed by atoms with Crippen molar-refractivity contribution in [2.45, 2.75) is 62.9 Å². The predicted octanol–water partition coefficient (Wildman–Crippen LogP) is 2.37. The Morgan fingerprint density at radius 2 is 2.04 bits per heavy atom. The Labute approximate surface area is 140 Å². The first-order chi connectivity index (χ1) is 11.4. The fraction of sp³-hybridized carbons (Fsp3) is 0.938. The number of amides is 2. The Balaban J connectivity index is 1.46. The molecule has 8 heteroatoms. The molecule has 2 saturated heterocycles. The van der Waals surface area contributed by atoms with Crippen molar-refractivity contribution in [2.75, 3.05) is 32.8 Å². The molecule has 0 radical (unpaired) electrons. The second kappa shape index (κ2) is 7.47. The Bertz CT molecular complexity index is 443. The lowest BCUT2D eigenvalue weighted by atomic mass is 9.91. The Kier molecular flexibility index (Phi) is 5.54. The molecular weight excluding hydrogens is 323 g/mol. The van der Waals surface area contributed by atoms with Gasteiger partial charge in [-0.1, -0.05) is 0 Å². The standard InChI is InChI=1S/C16H26F3N3O2/c17-16(18,19)6-8-22(12-3-1-4-12)15(23)20-9-14-10-21-7-2-5-13(21)11-24-14/h12-14H,1-11H2,(H,20,23)/t13-,14-/m1/s1. The van der Waals surface area contributed by atoms with Gasteiger partial charge in [0.15, 0.2) is 0 Å². The number of carbonyl (C=O) groups excluding carboxylic acids is 1. The molecule has 24 heavy (non-hydrogen) atoms. The molecule has 2 heterocycles. The highest BCUT2D eigenvalue weighted by Crippen LogP contribution is 2.28. The topological polar surface area (TPSA) is 44.8 Å². The first-order valence-electron chi connectivity index (χ1n) is 8.89. The van der Waals surface area contributed by atoms with E-state index in [1.165, 1.54) is 11.3 Å². The molecule has 3 rings (SSSR count). The van der Waals surface area contributed by atoms with Crippen LogP contribution in [0.3, 0.4) is 0 Å². The third kappa shape index (κ3) is 4.53. The van der Waals surface area contributed by atoms with E-state index in [0.29, 0.717) is 19.2 Å². The van der Waals surface area contributed by atoms with Crippen molar-refractivity contribution in [1.29, 1.82) is 0 Å². The maximum absolute atomic E-state index is 12.5. The Morgan fingerprint density at radius 3 is 2.71 bits per heavy atom. The highest BCUT2D eigenvalue weighted by atomic mass is 19.4. The van der Waals surface area contributed by atoms with Gasteiger partial charge in [-0.3, -0.25) is 4.90 Å². The first-order valence-corrected chi connectivity index (χ1v) is 8.89. The van der Waals surface area contributed by atoms with E-state index in [2.05, 4.69) is 10.2 Å². The van der Waals surface area contributed by atoms with Gasteiger partial charge in [-0.2, -0.15) is 13.2 Å². The minimum Gasteiger partial charge on any atom is -0.373 e. The van der Waals surface area contributed by atoms with Crippen LogP contribution in [0.4, 0.5) is 18.0 Å². The zero-order valence-corrected chi connectivity index (χ0v) is 13.9. The van der Waals surface area contributed by atoms with Crippen LogP contribution in [0.5, 0.6) is 0 Å². The SMILES string of the molecule is O=C(NC[C@@H]1CN2CCC[C@@H]2CO1)N(CCC(F)(F)F)C1CCC1. The van der Waals surface area contributed by atoms with Gasteiger partial charge in [0.05, 0.1) is 19.1 Å². The Hall–Kier alpha value is -1.02. The molecule has 2 atom stereocenters. The van der Waals surface area contributed by atoms with Crippen molar-refractivity contribution >= 4 is 6.03 Å². The minimum absolute atomic E-state index is 0.0532. The number of ether oxygens (including phenoxy) is 1. The number of halogens is 3. The third-order valence-electron chi connectivity index (χ3n) is 5.35. The number of hydrogen-bond donors (Lipinski definition) is 1. The van der Waals surface area contributed by atoms with Crippen molar-refractivity contribution in [3.05, 3.63) is 0 Å². The molecule has 5 nitrogen and oxygen atoms in total. The molecule has 0 aromatic heterocycles. The highest BCUT2D eigenvalue weighted by Gasteiger charge is 2.35. The molecule has 0 aromatic carbocycles. The molecule has 138 valence electrons. The van der Waals surface area contributed by atoms with E-state index in [1.807, 2.05) is 0 Å². The second-order valence-corrected chi connectivity index (χ2v) is 7.08. The molecule has 2 aliphatic heterocycles. The lowest BCUT2D eigenvalue weighted by Gasteiger charge is -2.39. The molecule has 2 amide bonds. The fourth-order valence-electron chi connectivity index (χ4n) is 3.71. The van der Waals surface area contributed by atoms with Crippen LogP contribution in [0.2, 0.25) is 0 Å². The summed E-state index contributed by atoms with van der Waals surface area (Å²) in [5.74, 6) is 0. The summed E-state index contributed by atoms with van der Waals surface area (Å²) in [5, 5.41) is 2.79. The number of rotatable bonds is 5. The summed E-state index contributed by atoms with van der Waals surface area (Å²) < 4.78 is 43.2. The molecule has 1 saturated carbocycles.